The van der Waals surface area contributed by atoms with Gasteiger partial charge in [0.25, 0.3) is 0 Å². The van der Waals surface area contributed by atoms with E-state index in [0.717, 1.165) is 31.5 Å². The number of hydrogen-bond acceptors (Lipinski definition) is 2. The zero-order valence-corrected chi connectivity index (χ0v) is 9.43. The average molecular weight is 218 g/mol. The van der Waals surface area contributed by atoms with E-state index in [0.29, 0.717) is 6.42 Å². The first-order chi connectivity index (χ1) is 7.77. The topological polar surface area (TPSA) is 46.3 Å². The fourth-order valence-electron chi connectivity index (χ4n) is 2.10. The van der Waals surface area contributed by atoms with Crippen molar-refractivity contribution in [2.75, 3.05) is 13.1 Å². The zero-order valence-electron chi connectivity index (χ0n) is 9.43. The van der Waals surface area contributed by atoms with E-state index in [-0.39, 0.29) is 11.9 Å². The molecule has 3 nitrogen and oxygen atoms in total. The van der Waals surface area contributed by atoms with Crippen molar-refractivity contribution in [3.63, 3.8) is 0 Å². The van der Waals surface area contributed by atoms with Crippen molar-refractivity contribution in [2.45, 2.75) is 25.3 Å². The lowest BCUT2D eigenvalue weighted by Crippen LogP contribution is -2.28. The molecule has 0 aromatic heterocycles. The summed E-state index contributed by atoms with van der Waals surface area (Å²) >= 11 is 0. The van der Waals surface area contributed by atoms with Gasteiger partial charge in [-0.25, -0.2) is 0 Å². The molecule has 86 valence electrons. The quantitative estimate of drug-likeness (QED) is 0.836. The number of amides is 1. The van der Waals surface area contributed by atoms with Crippen LogP contribution >= 0.6 is 0 Å². The minimum atomic E-state index is 0.0367. The van der Waals surface area contributed by atoms with Crippen LogP contribution in [0.1, 0.15) is 30.9 Å². The Morgan fingerprint density at radius 3 is 2.69 bits per heavy atom. The lowest BCUT2D eigenvalue weighted by Gasteiger charge is -2.18. The van der Waals surface area contributed by atoms with Crippen LogP contribution in [0.15, 0.2) is 30.3 Å². The summed E-state index contributed by atoms with van der Waals surface area (Å²) in [7, 11) is 0. The number of benzene rings is 1. The van der Waals surface area contributed by atoms with Crippen LogP contribution in [0, 0.1) is 0 Å². The van der Waals surface area contributed by atoms with Gasteiger partial charge >= 0.3 is 0 Å². The summed E-state index contributed by atoms with van der Waals surface area (Å²) in [6.45, 7) is 1.69. The first kappa shape index (κ1) is 11.1. The summed E-state index contributed by atoms with van der Waals surface area (Å²) in [5.41, 5.74) is 7.23. The maximum absolute atomic E-state index is 11.4. The second kappa shape index (κ2) is 5.12. The van der Waals surface area contributed by atoms with Crippen molar-refractivity contribution in [2.24, 2.45) is 5.73 Å². The van der Waals surface area contributed by atoms with Crippen LogP contribution in [0.3, 0.4) is 0 Å². The molecule has 0 radical (unpaired) electrons. The molecule has 2 rings (SSSR count). The summed E-state index contributed by atoms with van der Waals surface area (Å²) in [4.78, 5) is 13.3. The van der Waals surface area contributed by atoms with E-state index in [9.17, 15) is 4.79 Å². The van der Waals surface area contributed by atoms with Crippen LogP contribution in [-0.2, 0) is 4.79 Å². The van der Waals surface area contributed by atoms with Crippen LogP contribution in [0.25, 0.3) is 0 Å². The van der Waals surface area contributed by atoms with Gasteiger partial charge in [0, 0.05) is 25.6 Å². The Balaban J connectivity index is 1.84. The Morgan fingerprint density at radius 1 is 1.31 bits per heavy atom. The van der Waals surface area contributed by atoms with Crippen LogP contribution in [0.2, 0.25) is 0 Å². The summed E-state index contributed by atoms with van der Waals surface area (Å²) in [5, 5.41) is 0. The highest BCUT2D eigenvalue weighted by Crippen LogP contribution is 2.16. The highest BCUT2D eigenvalue weighted by molar-refractivity contribution is 5.78. The molecule has 1 heterocycles. The third-order valence-corrected chi connectivity index (χ3v) is 3.11. The molecule has 1 amide bonds. The number of carbonyl (C=O) groups excluding carboxylic acids is 1. The number of hydrogen-bond donors (Lipinski definition) is 1. The predicted molar refractivity (Wildman–Crippen MR) is 63.8 cm³/mol. The second-order valence-corrected chi connectivity index (χ2v) is 4.29. The minimum Gasteiger partial charge on any atom is -0.343 e. The highest BCUT2D eigenvalue weighted by atomic mass is 16.2. The molecule has 1 saturated heterocycles. The van der Waals surface area contributed by atoms with Crippen LogP contribution in [0.5, 0.6) is 0 Å². The standard InChI is InChI=1S/C13H18N2O/c14-12(11-5-2-1-3-6-11)8-10-15-9-4-7-13(15)16/h1-3,5-6,12H,4,7-10,14H2/t12-/m1/s1. The van der Waals surface area contributed by atoms with Crippen molar-refractivity contribution >= 4 is 5.91 Å². The van der Waals surface area contributed by atoms with E-state index < -0.39 is 0 Å². The third kappa shape index (κ3) is 2.61. The summed E-state index contributed by atoms with van der Waals surface area (Å²) in [6, 6.07) is 10.1. The van der Waals surface area contributed by atoms with Crippen molar-refractivity contribution in [1.82, 2.24) is 4.90 Å². The second-order valence-electron chi connectivity index (χ2n) is 4.29. The summed E-state index contributed by atoms with van der Waals surface area (Å²) < 4.78 is 0. The number of likely N-dealkylation sites (tertiary alicyclic amines) is 1. The largest absolute Gasteiger partial charge is 0.343 e. The fraction of sp³-hybridized carbons (Fsp3) is 0.462. The summed E-state index contributed by atoms with van der Waals surface area (Å²) in [6.07, 6.45) is 2.55. The molecule has 3 heteroatoms. The van der Waals surface area contributed by atoms with Gasteiger partial charge in [0.05, 0.1) is 0 Å². The molecule has 0 saturated carbocycles. The Kier molecular flexibility index (Phi) is 3.57. The number of nitrogens with zero attached hydrogens (tertiary/aromatic N) is 1. The van der Waals surface area contributed by atoms with Crippen LogP contribution < -0.4 is 5.73 Å². The number of carbonyl (C=O) groups is 1. The van der Waals surface area contributed by atoms with Gasteiger partial charge < -0.3 is 10.6 Å². The smallest absolute Gasteiger partial charge is 0.222 e. The van der Waals surface area contributed by atoms with Gasteiger partial charge in [-0.05, 0) is 18.4 Å². The molecule has 1 aromatic carbocycles. The molecule has 0 aliphatic carbocycles. The van der Waals surface area contributed by atoms with E-state index in [2.05, 4.69) is 0 Å². The first-order valence-corrected chi connectivity index (χ1v) is 5.85. The average Bonchev–Trinajstić information content (AvgIpc) is 2.73. The van der Waals surface area contributed by atoms with Gasteiger partial charge in [0.15, 0.2) is 0 Å². The zero-order chi connectivity index (χ0) is 11.4. The van der Waals surface area contributed by atoms with Gasteiger partial charge in [0.1, 0.15) is 0 Å². The molecule has 1 fully saturated rings. The molecular weight excluding hydrogens is 200 g/mol. The van der Waals surface area contributed by atoms with Gasteiger partial charge in [-0.2, -0.15) is 0 Å². The third-order valence-electron chi connectivity index (χ3n) is 3.11. The monoisotopic (exact) mass is 218 g/mol. The maximum atomic E-state index is 11.4. The lowest BCUT2D eigenvalue weighted by atomic mass is 10.0. The van der Waals surface area contributed by atoms with Crippen LogP contribution in [0.4, 0.5) is 0 Å². The van der Waals surface area contributed by atoms with E-state index in [4.69, 9.17) is 5.73 Å². The molecule has 1 aromatic rings. The Hall–Kier alpha value is -1.35. The molecule has 1 atom stereocenters. The normalized spacial score (nSPS) is 17.8. The molecule has 1 aliphatic heterocycles. The first-order valence-electron chi connectivity index (χ1n) is 5.85. The van der Waals surface area contributed by atoms with E-state index in [1.54, 1.807) is 0 Å². The van der Waals surface area contributed by atoms with E-state index >= 15 is 0 Å². The Morgan fingerprint density at radius 2 is 2.06 bits per heavy atom. The van der Waals surface area contributed by atoms with Crippen LogP contribution in [-0.4, -0.2) is 23.9 Å². The lowest BCUT2D eigenvalue weighted by molar-refractivity contribution is -0.127. The highest BCUT2D eigenvalue weighted by Gasteiger charge is 2.20. The molecule has 0 spiro atoms. The molecular formula is C13H18N2O. The Bertz CT molecular complexity index is 350. The predicted octanol–water partition coefficient (Wildman–Crippen LogP) is 1.70. The SMILES string of the molecule is N[C@H](CCN1CCCC1=O)c1ccccc1. The van der Waals surface area contributed by atoms with Gasteiger partial charge in [-0.3, -0.25) is 4.79 Å². The molecule has 0 bridgehead atoms. The maximum Gasteiger partial charge on any atom is 0.222 e. The van der Waals surface area contributed by atoms with E-state index in [1.165, 1.54) is 0 Å². The van der Waals surface area contributed by atoms with Gasteiger partial charge in [0.2, 0.25) is 5.91 Å². The van der Waals surface area contributed by atoms with Crippen molar-refractivity contribution in [1.29, 1.82) is 0 Å². The molecule has 2 N–H and O–H groups in total. The minimum absolute atomic E-state index is 0.0367. The molecule has 16 heavy (non-hydrogen) atoms. The molecule has 0 unspecified atom stereocenters. The van der Waals surface area contributed by atoms with Gasteiger partial charge in [-0.1, -0.05) is 30.3 Å². The van der Waals surface area contributed by atoms with Crippen molar-refractivity contribution in [3.8, 4) is 0 Å². The molecule has 1 aliphatic rings. The number of rotatable bonds is 4. The van der Waals surface area contributed by atoms with E-state index in [1.807, 2.05) is 35.2 Å². The fourth-order valence-corrected chi connectivity index (χ4v) is 2.10. The summed E-state index contributed by atoms with van der Waals surface area (Å²) in [5.74, 6) is 0.278. The van der Waals surface area contributed by atoms with Gasteiger partial charge in [-0.15, -0.1) is 0 Å². The Labute approximate surface area is 96.2 Å². The number of nitrogens with two attached hydrogens (primary N) is 1. The van der Waals surface area contributed by atoms with Crippen molar-refractivity contribution < 1.29 is 4.79 Å². The van der Waals surface area contributed by atoms with Crippen molar-refractivity contribution in [3.05, 3.63) is 35.9 Å².